The average Bonchev–Trinajstić information content (AvgIpc) is 3.13. The number of rotatable bonds is 13. The Bertz CT molecular complexity index is 1830. The molecule has 0 saturated heterocycles. The normalized spacial score (nSPS) is 11.0. The van der Waals surface area contributed by atoms with Gasteiger partial charge in [0.2, 0.25) is 0 Å². The Morgan fingerprint density at radius 2 is 0.872 bits per heavy atom. The van der Waals surface area contributed by atoms with Gasteiger partial charge in [-0.1, -0.05) is 155 Å². The second kappa shape index (κ2) is 16.2. The third kappa shape index (κ3) is 7.78. The Morgan fingerprint density at radius 1 is 0.426 bits per heavy atom. The summed E-state index contributed by atoms with van der Waals surface area (Å²) < 4.78 is 0. The molecule has 6 aromatic rings. The molecule has 6 aromatic carbocycles. The lowest BCUT2D eigenvalue weighted by Crippen LogP contribution is -2.12. The molecule has 1 heteroatoms. The van der Waals surface area contributed by atoms with Crippen LogP contribution in [0.5, 0.6) is 0 Å². The number of aryl methyl sites for hydroxylation is 2. The first-order valence-electron chi connectivity index (χ1n) is 17.8. The van der Waals surface area contributed by atoms with Crippen molar-refractivity contribution in [3.63, 3.8) is 0 Å². The zero-order valence-corrected chi connectivity index (χ0v) is 28.1. The molecule has 0 aliphatic carbocycles. The van der Waals surface area contributed by atoms with Crippen LogP contribution < -0.4 is 4.90 Å². The molecule has 0 unspecified atom stereocenters. The number of benzene rings is 6. The van der Waals surface area contributed by atoms with E-state index < -0.39 is 0 Å². The quantitative estimate of drug-likeness (QED) is 0.0711. The van der Waals surface area contributed by atoms with Crippen LogP contribution in [0.15, 0.2) is 127 Å². The van der Waals surface area contributed by atoms with Crippen molar-refractivity contribution in [1.82, 2.24) is 0 Å². The Hall–Kier alpha value is -4.80. The van der Waals surface area contributed by atoms with Crippen molar-refractivity contribution in [3.8, 4) is 11.8 Å². The van der Waals surface area contributed by atoms with Gasteiger partial charge in [0.25, 0.3) is 0 Å². The van der Waals surface area contributed by atoms with E-state index in [1.807, 2.05) is 18.2 Å². The molecule has 0 spiro atoms. The zero-order chi connectivity index (χ0) is 32.3. The van der Waals surface area contributed by atoms with Crippen LogP contribution >= 0.6 is 0 Å². The molecule has 0 bridgehead atoms. The van der Waals surface area contributed by atoms with E-state index >= 15 is 0 Å². The smallest absolute Gasteiger partial charge is 0.0619 e. The SMILES string of the molecule is CCCCCCc1ccc(N(c2ccc(CCCCCC)cc2)c2c3ccccc3c(C#Cc3ccccc3)c3ccccc23)cc1. The maximum absolute atomic E-state index is 3.60. The van der Waals surface area contributed by atoms with Crippen LogP contribution in [0.4, 0.5) is 17.1 Å². The molecule has 1 nitrogen and oxygen atoms in total. The summed E-state index contributed by atoms with van der Waals surface area (Å²) in [6, 6.07) is 46.5. The first-order valence-corrected chi connectivity index (χ1v) is 17.8. The number of hydrogen-bond donors (Lipinski definition) is 0. The molecule has 47 heavy (non-hydrogen) atoms. The Kier molecular flexibility index (Phi) is 11.1. The van der Waals surface area contributed by atoms with E-state index in [9.17, 15) is 0 Å². The van der Waals surface area contributed by atoms with Crippen molar-refractivity contribution in [2.45, 2.75) is 78.1 Å². The lowest BCUT2D eigenvalue weighted by molar-refractivity contribution is 0.667. The molecule has 0 aromatic heterocycles. The molecule has 236 valence electrons. The van der Waals surface area contributed by atoms with Crippen LogP contribution in [0.25, 0.3) is 21.5 Å². The molecular formula is C46H47N. The van der Waals surface area contributed by atoms with Crippen LogP contribution in [0, 0.1) is 11.8 Å². The fourth-order valence-electron chi connectivity index (χ4n) is 6.68. The Balaban J connectivity index is 1.49. The van der Waals surface area contributed by atoms with Crippen LogP contribution in [0.3, 0.4) is 0 Å². The molecule has 0 fully saturated rings. The van der Waals surface area contributed by atoms with E-state index in [4.69, 9.17) is 0 Å². The van der Waals surface area contributed by atoms with Gasteiger partial charge in [0.05, 0.1) is 5.69 Å². The summed E-state index contributed by atoms with van der Waals surface area (Å²) >= 11 is 0. The van der Waals surface area contributed by atoms with E-state index in [0.29, 0.717) is 0 Å². The summed E-state index contributed by atoms with van der Waals surface area (Å²) in [7, 11) is 0. The highest BCUT2D eigenvalue weighted by Gasteiger charge is 2.21. The Morgan fingerprint density at radius 3 is 1.34 bits per heavy atom. The van der Waals surface area contributed by atoms with E-state index in [1.165, 1.54) is 101 Å². The zero-order valence-electron chi connectivity index (χ0n) is 28.1. The van der Waals surface area contributed by atoms with Crippen molar-refractivity contribution in [3.05, 3.63) is 150 Å². The number of anilines is 3. The van der Waals surface area contributed by atoms with Gasteiger partial charge in [0, 0.05) is 44.0 Å². The summed E-state index contributed by atoms with van der Waals surface area (Å²) in [6.07, 6.45) is 12.5. The van der Waals surface area contributed by atoms with Gasteiger partial charge in [-0.25, -0.2) is 0 Å². The third-order valence-corrected chi connectivity index (χ3v) is 9.26. The summed E-state index contributed by atoms with van der Waals surface area (Å²) in [5, 5.41) is 4.76. The minimum atomic E-state index is 1.02. The van der Waals surface area contributed by atoms with E-state index in [1.54, 1.807) is 0 Å². The summed E-state index contributed by atoms with van der Waals surface area (Å²) in [5.74, 6) is 7.05. The standard InChI is InChI=1S/C46H47N/c1-3-5-7-10-20-37-26-31-39(32-27-37)47(40-33-28-38(29-34-40)21-11-8-6-4-2)46-44-24-16-14-22-41(44)43(42-23-15-17-25-45(42)46)35-30-36-18-12-9-13-19-36/h9,12-19,22-29,31-34H,3-8,10-11,20-21H2,1-2H3. The van der Waals surface area contributed by atoms with E-state index in [2.05, 4.69) is 140 Å². The number of unbranched alkanes of at least 4 members (excludes halogenated alkanes) is 6. The van der Waals surface area contributed by atoms with Crippen LogP contribution in [0.1, 0.15) is 87.5 Å². The molecule has 0 aliphatic heterocycles. The molecule has 0 heterocycles. The van der Waals surface area contributed by atoms with Gasteiger partial charge in [-0.15, -0.1) is 0 Å². The van der Waals surface area contributed by atoms with Gasteiger partial charge < -0.3 is 4.90 Å². The molecule has 0 aliphatic rings. The number of hydrogen-bond acceptors (Lipinski definition) is 1. The second-order valence-corrected chi connectivity index (χ2v) is 12.7. The number of fused-ring (bicyclic) bond motifs is 2. The highest BCUT2D eigenvalue weighted by Crippen LogP contribution is 2.45. The van der Waals surface area contributed by atoms with Crippen LogP contribution in [-0.4, -0.2) is 0 Å². The van der Waals surface area contributed by atoms with Crippen LogP contribution in [0.2, 0.25) is 0 Å². The second-order valence-electron chi connectivity index (χ2n) is 12.7. The minimum Gasteiger partial charge on any atom is -0.309 e. The molecule has 6 rings (SSSR count). The fraction of sp³-hybridized carbons (Fsp3) is 0.261. The van der Waals surface area contributed by atoms with Crippen molar-refractivity contribution >= 4 is 38.6 Å². The fourth-order valence-corrected chi connectivity index (χ4v) is 6.68. The van der Waals surface area contributed by atoms with E-state index in [0.717, 1.165) is 24.0 Å². The molecule has 0 amide bonds. The van der Waals surface area contributed by atoms with Crippen molar-refractivity contribution < 1.29 is 0 Å². The molecular weight excluding hydrogens is 567 g/mol. The van der Waals surface area contributed by atoms with Gasteiger partial charge in [0.15, 0.2) is 0 Å². The van der Waals surface area contributed by atoms with Crippen molar-refractivity contribution in [1.29, 1.82) is 0 Å². The highest BCUT2D eigenvalue weighted by atomic mass is 15.1. The lowest BCUT2D eigenvalue weighted by Gasteiger charge is -2.29. The third-order valence-electron chi connectivity index (χ3n) is 9.26. The maximum Gasteiger partial charge on any atom is 0.0619 e. The topological polar surface area (TPSA) is 3.24 Å². The average molecular weight is 614 g/mol. The van der Waals surface area contributed by atoms with Gasteiger partial charge in [0.1, 0.15) is 0 Å². The summed E-state index contributed by atoms with van der Waals surface area (Å²) in [5.41, 5.74) is 8.48. The molecule has 0 saturated carbocycles. The predicted molar refractivity (Wildman–Crippen MR) is 204 cm³/mol. The lowest BCUT2D eigenvalue weighted by atomic mass is 9.93. The highest BCUT2D eigenvalue weighted by molar-refractivity contribution is 6.17. The Labute approximate surface area is 282 Å². The van der Waals surface area contributed by atoms with Crippen LogP contribution in [-0.2, 0) is 12.8 Å². The van der Waals surface area contributed by atoms with E-state index in [-0.39, 0.29) is 0 Å². The predicted octanol–water partition coefficient (Wildman–Crippen LogP) is 13.1. The number of nitrogens with zero attached hydrogens (tertiary/aromatic N) is 1. The first kappa shape index (κ1) is 32.2. The molecule has 0 atom stereocenters. The van der Waals surface area contributed by atoms with Crippen molar-refractivity contribution in [2.24, 2.45) is 0 Å². The van der Waals surface area contributed by atoms with Gasteiger partial charge in [-0.05, 0) is 73.2 Å². The summed E-state index contributed by atoms with van der Waals surface area (Å²) in [4.78, 5) is 2.47. The van der Waals surface area contributed by atoms with Gasteiger partial charge in [-0.2, -0.15) is 0 Å². The van der Waals surface area contributed by atoms with Gasteiger partial charge >= 0.3 is 0 Å². The van der Waals surface area contributed by atoms with Gasteiger partial charge in [-0.3, -0.25) is 0 Å². The largest absolute Gasteiger partial charge is 0.309 e. The molecule has 0 radical (unpaired) electrons. The minimum absolute atomic E-state index is 1.02. The maximum atomic E-state index is 3.60. The monoisotopic (exact) mass is 613 g/mol. The van der Waals surface area contributed by atoms with Crippen molar-refractivity contribution in [2.75, 3.05) is 4.90 Å². The summed E-state index contributed by atoms with van der Waals surface area (Å²) in [6.45, 7) is 4.55. The molecule has 0 N–H and O–H groups in total. The first-order chi connectivity index (χ1) is 23.3.